The third kappa shape index (κ3) is 2.93. The third-order valence-electron chi connectivity index (χ3n) is 1.93. The molecule has 1 N–H and O–H groups in total. The first-order valence-corrected chi connectivity index (χ1v) is 5.69. The number of nitro groups is 1. The van der Waals surface area contributed by atoms with Gasteiger partial charge in [0.15, 0.2) is 0 Å². The van der Waals surface area contributed by atoms with Crippen LogP contribution in [0.25, 0.3) is 0 Å². The molecule has 0 amide bonds. The van der Waals surface area contributed by atoms with Gasteiger partial charge in [-0.15, -0.1) is 0 Å². The van der Waals surface area contributed by atoms with Gasteiger partial charge < -0.3 is 5.11 Å². The van der Waals surface area contributed by atoms with Crippen LogP contribution in [-0.2, 0) is 16.5 Å². The Bertz CT molecular complexity index is 449. The molecule has 0 bridgehead atoms. The number of carboxylic acids is 1. The molecule has 86 valence electrons. The highest BCUT2D eigenvalue weighted by Crippen LogP contribution is 2.29. The lowest BCUT2D eigenvalue weighted by Crippen LogP contribution is -2.03. The Kier molecular flexibility index (Phi) is 4.26. The minimum absolute atomic E-state index is 0.0961. The summed E-state index contributed by atoms with van der Waals surface area (Å²) in [4.78, 5) is 20.7. The highest BCUT2D eigenvalue weighted by Gasteiger charge is 2.17. The van der Waals surface area contributed by atoms with Crippen molar-refractivity contribution in [2.45, 2.75) is 11.8 Å². The first-order valence-electron chi connectivity index (χ1n) is 4.19. The zero-order valence-electron chi connectivity index (χ0n) is 7.94. The van der Waals surface area contributed by atoms with E-state index in [-0.39, 0.29) is 22.5 Å². The molecule has 0 aliphatic rings. The maximum Gasteiger partial charge on any atom is 0.307 e. The van der Waals surface area contributed by atoms with Crippen molar-refractivity contribution in [2.75, 3.05) is 0 Å². The number of nitro benzene ring substituents is 1. The van der Waals surface area contributed by atoms with Gasteiger partial charge >= 0.3 is 5.97 Å². The van der Waals surface area contributed by atoms with E-state index in [1.165, 1.54) is 12.1 Å². The molecule has 0 aliphatic heterocycles. The van der Waals surface area contributed by atoms with E-state index in [0.717, 1.165) is 0 Å². The maximum absolute atomic E-state index is 10.7. The summed E-state index contributed by atoms with van der Waals surface area (Å²) in [7, 11) is 0. The maximum atomic E-state index is 10.7. The van der Waals surface area contributed by atoms with Crippen LogP contribution in [0.3, 0.4) is 0 Å². The lowest BCUT2D eigenvalue weighted by atomic mass is 10.1. The van der Waals surface area contributed by atoms with Crippen LogP contribution in [0.5, 0.6) is 0 Å². The van der Waals surface area contributed by atoms with Gasteiger partial charge in [0.2, 0.25) is 0 Å². The fourth-order valence-electron chi connectivity index (χ4n) is 1.23. The molecule has 1 aromatic carbocycles. The molecule has 1 aromatic rings. The van der Waals surface area contributed by atoms with Crippen LogP contribution in [0.1, 0.15) is 11.1 Å². The van der Waals surface area contributed by atoms with Crippen molar-refractivity contribution in [3.8, 4) is 0 Å². The fraction of sp³-hybridized carbons (Fsp3) is 0.222. The second-order valence-corrected chi connectivity index (χ2v) is 4.00. The Hall–Kier alpha value is -1.14. The topological polar surface area (TPSA) is 80.4 Å². The second-order valence-electron chi connectivity index (χ2n) is 3.03. The number of halogens is 2. The quantitative estimate of drug-likeness (QED) is 0.527. The monoisotopic (exact) mass is 307 g/mol. The number of hydrogen-bond donors (Lipinski definition) is 1. The smallest absolute Gasteiger partial charge is 0.307 e. The average Bonchev–Trinajstić information content (AvgIpc) is 2.19. The van der Waals surface area contributed by atoms with Crippen LogP contribution in [0.15, 0.2) is 12.1 Å². The number of alkyl halides is 1. The zero-order chi connectivity index (χ0) is 12.3. The number of carbonyl (C=O) groups is 1. The van der Waals surface area contributed by atoms with Gasteiger partial charge in [0.25, 0.3) is 5.69 Å². The number of rotatable bonds is 4. The predicted molar refractivity (Wildman–Crippen MR) is 62.1 cm³/mol. The van der Waals surface area contributed by atoms with Crippen molar-refractivity contribution in [3.63, 3.8) is 0 Å². The molecule has 0 spiro atoms. The number of nitrogens with zero attached hydrogens (tertiary/aromatic N) is 1. The lowest BCUT2D eigenvalue weighted by Gasteiger charge is -2.05. The molecule has 0 aliphatic carbocycles. The van der Waals surface area contributed by atoms with Crippen LogP contribution in [0.2, 0.25) is 5.02 Å². The summed E-state index contributed by atoms with van der Waals surface area (Å²) in [6, 6.07) is 2.61. The number of hydrogen-bond acceptors (Lipinski definition) is 3. The predicted octanol–water partition coefficient (Wildman–Crippen LogP) is 2.77. The molecule has 1 rings (SSSR count). The second kappa shape index (κ2) is 5.27. The number of aliphatic carboxylic acids is 1. The third-order valence-corrected chi connectivity index (χ3v) is 2.89. The van der Waals surface area contributed by atoms with Crippen molar-refractivity contribution < 1.29 is 14.8 Å². The van der Waals surface area contributed by atoms with E-state index in [2.05, 4.69) is 15.9 Å². The lowest BCUT2D eigenvalue weighted by molar-refractivity contribution is -0.385. The van der Waals surface area contributed by atoms with Gasteiger partial charge in [-0.1, -0.05) is 27.5 Å². The minimum atomic E-state index is -1.03. The highest BCUT2D eigenvalue weighted by atomic mass is 79.9. The Morgan fingerprint density at radius 2 is 2.12 bits per heavy atom. The zero-order valence-corrected chi connectivity index (χ0v) is 10.3. The van der Waals surface area contributed by atoms with Crippen LogP contribution < -0.4 is 0 Å². The van der Waals surface area contributed by atoms with E-state index >= 15 is 0 Å². The summed E-state index contributed by atoms with van der Waals surface area (Å²) in [5, 5.41) is 19.7. The van der Waals surface area contributed by atoms with Crippen molar-refractivity contribution in [1.29, 1.82) is 0 Å². The molecule has 0 aromatic heterocycles. The molecule has 0 unspecified atom stereocenters. The van der Waals surface area contributed by atoms with Crippen LogP contribution in [0, 0.1) is 10.1 Å². The first-order chi connectivity index (χ1) is 7.45. The molecular formula is C9H7BrClNO4. The van der Waals surface area contributed by atoms with Gasteiger partial charge in [0.1, 0.15) is 0 Å². The normalized spacial score (nSPS) is 10.1. The molecule has 0 saturated heterocycles. The fourth-order valence-corrected chi connectivity index (χ4v) is 1.91. The van der Waals surface area contributed by atoms with Crippen LogP contribution in [-0.4, -0.2) is 16.0 Å². The van der Waals surface area contributed by atoms with E-state index in [1.54, 1.807) is 0 Å². The summed E-state index contributed by atoms with van der Waals surface area (Å²) < 4.78 is 0. The molecule has 7 heteroatoms. The van der Waals surface area contributed by atoms with Crippen molar-refractivity contribution in [2.24, 2.45) is 0 Å². The van der Waals surface area contributed by atoms with Gasteiger partial charge in [0, 0.05) is 17.0 Å². The van der Waals surface area contributed by atoms with E-state index in [4.69, 9.17) is 16.7 Å². The van der Waals surface area contributed by atoms with Gasteiger partial charge in [-0.05, 0) is 11.6 Å². The Labute approximate surface area is 104 Å². The van der Waals surface area contributed by atoms with Crippen LogP contribution in [0.4, 0.5) is 5.69 Å². The van der Waals surface area contributed by atoms with Crippen molar-refractivity contribution >= 4 is 39.2 Å². The molecule has 5 nitrogen and oxygen atoms in total. The molecule has 0 saturated carbocycles. The molecule has 0 fully saturated rings. The highest BCUT2D eigenvalue weighted by molar-refractivity contribution is 9.08. The van der Waals surface area contributed by atoms with Crippen molar-refractivity contribution in [1.82, 2.24) is 0 Å². The number of carboxylic acid groups (broad SMARTS) is 1. The van der Waals surface area contributed by atoms with Gasteiger partial charge in [-0.25, -0.2) is 0 Å². The van der Waals surface area contributed by atoms with Gasteiger partial charge in [0.05, 0.1) is 16.4 Å². The standard InChI is InChI=1S/C9H7BrClNO4/c10-4-6-1-5(2-9(13)14)7(11)3-8(6)12(15)16/h1,3H,2,4H2,(H,13,14). The van der Waals surface area contributed by atoms with E-state index in [0.29, 0.717) is 11.1 Å². The van der Waals surface area contributed by atoms with Crippen LogP contribution >= 0.6 is 27.5 Å². The largest absolute Gasteiger partial charge is 0.481 e. The van der Waals surface area contributed by atoms with Gasteiger partial charge in [-0.2, -0.15) is 0 Å². The first kappa shape index (κ1) is 12.9. The summed E-state index contributed by atoms with van der Waals surface area (Å²) in [6.45, 7) is 0. The molecule has 0 heterocycles. The molecular weight excluding hydrogens is 301 g/mol. The SMILES string of the molecule is O=C(O)Cc1cc(CBr)c([N+](=O)[O-])cc1Cl. The summed E-state index contributed by atoms with van der Waals surface area (Å²) in [5.74, 6) is -1.03. The van der Waals surface area contributed by atoms with E-state index in [1.807, 2.05) is 0 Å². The van der Waals surface area contributed by atoms with Gasteiger partial charge in [-0.3, -0.25) is 14.9 Å². The summed E-state index contributed by atoms with van der Waals surface area (Å²) in [6.07, 6.45) is -0.253. The molecule has 0 radical (unpaired) electrons. The Balaban J connectivity index is 3.25. The summed E-state index contributed by atoms with van der Waals surface area (Å²) in [5.41, 5.74) is 0.663. The Morgan fingerprint density at radius 3 is 2.56 bits per heavy atom. The average molecular weight is 309 g/mol. The van der Waals surface area contributed by atoms with E-state index < -0.39 is 10.9 Å². The summed E-state index contributed by atoms with van der Waals surface area (Å²) >= 11 is 8.87. The van der Waals surface area contributed by atoms with E-state index in [9.17, 15) is 14.9 Å². The van der Waals surface area contributed by atoms with Crippen molar-refractivity contribution in [3.05, 3.63) is 38.4 Å². The molecule has 16 heavy (non-hydrogen) atoms. The minimum Gasteiger partial charge on any atom is -0.481 e. The Morgan fingerprint density at radius 1 is 1.50 bits per heavy atom. The molecule has 0 atom stereocenters. The number of benzene rings is 1.